The molecule has 0 spiro atoms. The molecule has 9 heteroatoms. The van der Waals surface area contributed by atoms with E-state index in [9.17, 15) is 13.2 Å². The zero-order valence-electron chi connectivity index (χ0n) is 10.6. The summed E-state index contributed by atoms with van der Waals surface area (Å²) < 4.78 is 32.4. The monoisotopic (exact) mass is 338 g/mol. The van der Waals surface area contributed by atoms with Crippen molar-refractivity contribution in [2.45, 2.75) is 17.1 Å². The van der Waals surface area contributed by atoms with Gasteiger partial charge in [0.25, 0.3) is 0 Å². The Morgan fingerprint density at radius 1 is 1.45 bits per heavy atom. The van der Waals surface area contributed by atoms with Crippen molar-refractivity contribution in [3.8, 4) is 0 Å². The second-order valence-corrected chi connectivity index (χ2v) is 8.35. The van der Waals surface area contributed by atoms with Crippen LogP contribution in [0.1, 0.15) is 12.8 Å². The van der Waals surface area contributed by atoms with E-state index < -0.39 is 21.3 Å². The van der Waals surface area contributed by atoms with E-state index in [2.05, 4.69) is 4.72 Å². The summed E-state index contributed by atoms with van der Waals surface area (Å²) in [4.78, 5) is 11.6. The number of rotatable bonds is 5. The van der Waals surface area contributed by atoms with E-state index in [1.807, 2.05) is 0 Å². The average Bonchev–Trinajstić information content (AvgIpc) is 2.85. The molecule has 0 bridgehead atoms. The highest BCUT2D eigenvalue weighted by atomic mass is 35.5. The molecule has 1 saturated heterocycles. The largest absolute Gasteiger partial charge is 0.381 e. The van der Waals surface area contributed by atoms with Crippen LogP contribution in [0.4, 0.5) is 0 Å². The third kappa shape index (κ3) is 3.32. The topological polar surface area (TPSA) is 98.5 Å². The van der Waals surface area contributed by atoms with Gasteiger partial charge in [-0.15, -0.1) is 11.3 Å². The third-order valence-corrected chi connectivity index (χ3v) is 6.51. The number of hydrogen-bond acceptors (Lipinski definition) is 5. The van der Waals surface area contributed by atoms with Crippen LogP contribution < -0.4 is 10.5 Å². The van der Waals surface area contributed by atoms with Gasteiger partial charge in [0, 0.05) is 19.8 Å². The molecule has 1 fully saturated rings. The van der Waals surface area contributed by atoms with Crippen LogP contribution >= 0.6 is 22.9 Å². The molecule has 0 atom stereocenters. The number of primary amides is 1. The van der Waals surface area contributed by atoms with Crippen LogP contribution in [0.3, 0.4) is 0 Å². The number of carbonyl (C=O) groups excluding carboxylic acids is 1. The van der Waals surface area contributed by atoms with Crippen molar-refractivity contribution in [1.29, 1.82) is 0 Å². The van der Waals surface area contributed by atoms with Crippen LogP contribution in [-0.4, -0.2) is 34.1 Å². The number of carbonyl (C=O) groups is 1. The van der Waals surface area contributed by atoms with Gasteiger partial charge in [0.2, 0.25) is 15.9 Å². The Morgan fingerprint density at radius 3 is 2.60 bits per heavy atom. The van der Waals surface area contributed by atoms with Crippen molar-refractivity contribution in [3.05, 3.63) is 16.5 Å². The first-order valence-electron chi connectivity index (χ1n) is 5.98. The maximum Gasteiger partial charge on any atom is 0.250 e. The number of sulfonamides is 1. The molecule has 2 rings (SSSR count). The van der Waals surface area contributed by atoms with Crippen LogP contribution in [0.5, 0.6) is 0 Å². The van der Waals surface area contributed by atoms with Gasteiger partial charge >= 0.3 is 0 Å². The normalized spacial score (nSPS) is 18.9. The molecule has 0 aromatic carbocycles. The summed E-state index contributed by atoms with van der Waals surface area (Å²) in [5, 5.41) is 0. The minimum atomic E-state index is -3.67. The summed E-state index contributed by atoms with van der Waals surface area (Å²) in [6.07, 6.45) is 0.825. The minimum absolute atomic E-state index is 0.0243. The first kappa shape index (κ1) is 15.7. The molecule has 1 aromatic heterocycles. The van der Waals surface area contributed by atoms with E-state index in [1.165, 1.54) is 12.1 Å². The Labute approximate surface area is 126 Å². The summed E-state index contributed by atoms with van der Waals surface area (Å²) in [5.74, 6) is -0.507. The summed E-state index contributed by atoms with van der Waals surface area (Å²) in [6, 6.07) is 2.94. The van der Waals surface area contributed by atoms with Gasteiger partial charge in [0.05, 0.1) is 9.75 Å². The first-order chi connectivity index (χ1) is 9.36. The Balaban J connectivity index is 2.11. The number of amides is 1. The lowest BCUT2D eigenvalue weighted by atomic mass is 9.80. The van der Waals surface area contributed by atoms with Crippen molar-refractivity contribution in [2.75, 3.05) is 19.8 Å². The fourth-order valence-electron chi connectivity index (χ4n) is 2.02. The highest BCUT2D eigenvalue weighted by Gasteiger charge is 2.39. The Morgan fingerprint density at radius 2 is 2.10 bits per heavy atom. The minimum Gasteiger partial charge on any atom is -0.381 e. The van der Waals surface area contributed by atoms with Crippen molar-refractivity contribution < 1.29 is 17.9 Å². The van der Waals surface area contributed by atoms with Gasteiger partial charge in [-0.3, -0.25) is 4.79 Å². The fraction of sp³-hybridized carbons (Fsp3) is 0.545. The lowest BCUT2D eigenvalue weighted by Gasteiger charge is -2.34. The van der Waals surface area contributed by atoms with Crippen molar-refractivity contribution in [3.63, 3.8) is 0 Å². The molecule has 0 radical (unpaired) electrons. The van der Waals surface area contributed by atoms with E-state index in [0.717, 1.165) is 11.3 Å². The van der Waals surface area contributed by atoms with Gasteiger partial charge in [-0.25, -0.2) is 13.1 Å². The Kier molecular flexibility index (Phi) is 4.70. The smallest absolute Gasteiger partial charge is 0.250 e. The van der Waals surface area contributed by atoms with Crippen molar-refractivity contribution >= 4 is 38.9 Å². The number of nitrogens with two attached hydrogens (primary N) is 1. The van der Waals surface area contributed by atoms with Crippen LogP contribution in [0.25, 0.3) is 0 Å². The van der Waals surface area contributed by atoms with Gasteiger partial charge in [-0.1, -0.05) is 11.6 Å². The molecule has 1 amide bonds. The summed E-state index contributed by atoms with van der Waals surface area (Å²) in [5.41, 5.74) is 4.54. The van der Waals surface area contributed by atoms with Crippen LogP contribution in [0.15, 0.2) is 16.3 Å². The molecule has 3 N–H and O–H groups in total. The number of thiophene rings is 1. The maximum atomic E-state index is 12.1. The van der Waals surface area contributed by atoms with Gasteiger partial charge in [-0.2, -0.15) is 0 Å². The van der Waals surface area contributed by atoms with Crippen molar-refractivity contribution in [2.24, 2.45) is 11.1 Å². The van der Waals surface area contributed by atoms with Gasteiger partial charge < -0.3 is 10.5 Å². The SMILES string of the molecule is NC(=O)C1(CNS(=O)(=O)c2ccc(Cl)s2)CCOCC1. The predicted octanol–water partition coefficient (Wildman–Crippen LogP) is 0.962. The van der Waals surface area contributed by atoms with Crippen LogP contribution in [0, 0.1) is 5.41 Å². The van der Waals surface area contributed by atoms with E-state index in [0.29, 0.717) is 30.4 Å². The van der Waals surface area contributed by atoms with Gasteiger partial charge in [0.15, 0.2) is 0 Å². The Hall–Kier alpha value is -0.670. The third-order valence-electron chi connectivity index (χ3n) is 3.39. The molecule has 112 valence electrons. The molecular formula is C11H15ClN2O4S2. The molecule has 0 unspecified atom stereocenters. The zero-order chi connectivity index (χ0) is 14.8. The fourth-order valence-corrected chi connectivity index (χ4v) is 4.67. The summed E-state index contributed by atoms with van der Waals surface area (Å²) >= 11 is 6.69. The van der Waals surface area contributed by atoms with Crippen molar-refractivity contribution in [1.82, 2.24) is 4.72 Å². The van der Waals surface area contributed by atoms with E-state index in [4.69, 9.17) is 22.1 Å². The van der Waals surface area contributed by atoms with Gasteiger partial charge in [-0.05, 0) is 25.0 Å². The molecule has 0 aliphatic carbocycles. The zero-order valence-corrected chi connectivity index (χ0v) is 13.0. The highest BCUT2D eigenvalue weighted by molar-refractivity contribution is 7.91. The number of hydrogen-bond donors (Lipinski definition) is 2. The number of nitrogens with one attached hydrogen (secondary N) is 1. The standard InChI is InChI=1S/C11H15ClN2O4S2/c12-8-1-2-9(19-8)20(16,17)14-7-11(10(13)15)3-5-18-6-4-11/h1-2,14H,3-7H2,(H2,13,15). The molecule has 2 heterocycles. The summed E-state index contributed by atoms with van der Waals surface area (Å²) in [7, 11) is -3.67. The van der Waals surface area contributed by atoms with Crippen LogP contribution in [0.2, 0.25) is 4.34 Å². The maximum absolute atomic E-state index is 12.1. The van der Waals surface area contributed by atoms with Crippen LogP contribution in [-0.2, 0) is 19.6 Å². The second-order valence-electron chi connectivity index (χ2n) is 4.64. The lowest BCUT2D eigenvalue weighted by molar-refractivity contribution is -0.132. The second kappa shape index (κ2) is 5.98. The van der Waals surface area contributed by atoms with Gasteiger partial charge in [0.1, 0.15) is 4.21 Å². The van der Waals surface area contributed by atoms with E-state index in [1.54, 1.807) is 0 Å². The molecule has 1 aromatic rings. The lowest BCUT2D eigenvalue weighted by Crippen LogP contribution is -2.49. The predicted molar refractivity (Wildman–Crippen MR) is 76.2 cm³/mol. The average molecular weight is 339 g/mol. The molecular weight excluding hydrogens is 324 g/mol. The molecule has 20 heavy (non-hydrogen) atoms. The number of halogens is 1. The van der Waals surface area contributed by atoms with E-state index >= 15 is 0 Å². The highest BCUT2D eigenvalue weighted by Crippen LogP contribution is 2.31. The molecule has 6 nitrogen and oxygen atoms in total. The number of ether oxygens (including phenoxy) is 1. The quantitative estimate of drug-likeness (QED) is 0.835. The summed E-state index contributed by atoms with van der Waals surface area (Å²) in [6.45, 7) is 0.772. The first-order valence-corrected chi connectivity index (χ1v) is 8.66. The molecule has 0 saturated carbocycles. The molecule has 1 aliphatic rings. The molecule has 1 aliphatic heterocycles. The van der Waals surface area contributed by atoms with E-state index in [-0.39, 0.29) is 10.8 Å². The Bertz CT molecular complexity index is 593.